The van der Waals surface area contributed by atoms with E-state index >= 15 is 0 Å². The number of nitrogens with one attached hydrogen (secondary N) is 1. The maximum Gasteiger partial charge on any atom is 0.271 e. The van der Waals surface area contributed by atoms with Gasteiger partial charge in [-0.1, -0.05) is 17.7 Å². The standard InChI is InChI=1S/C20H18ClFN6O3/c21-13-2-1-3-14(22)18(13)28-11-15(17(26-28)19(23)29)25-16-5-4-12(10-24-16)20(30)27-6-8-31-9-7-27/h1-5,10-11H,6-9H2,(H2,23,29)(H,24,25). The average Bonchev–Trinajstić information content (AvgIpc) is 3.18. The molecule has 31 heavy (non-hydrogen) atoms. The molecular formula is C20H18ClFN6O3. The van der Waals surface area contributed by atoms with Gasteiger partial charge in [-0.05, 0) is 24.3 Å². The predicted molar refractivity (Wildman–Crippen MR) is 111 cm³/mol. The van der Waals surface area contributed by atoms with Crippen molar-refractivity contribution in [3.05, 3.63) is 64.8 Å². The van der Waals surface area contributed by atoms with Crippen molar-refractivity contribution >= 4 is 34.9 Å². The van der Waals surface area contributed by atoms with Crippen molar-refractivity contribution in [2.45, 2.75) is 0 Å². The van der Waals surface area contributed by atoms with Gasteiger partial charge in [-0.25, -0.2) is 14.1 Å². The lowest BCUT2D eigenvalue weighted by molar-refractivity contribution is 0.0302. The van der Waals surface area contributed by atoms with Gasteiger partial charge in [-0.3, -0.25) is 9.59 Å². The van der Waals surface area contributed by atoms with Gasteiger partial charge in [0, 0.05) is 19.3 Å². The number of pyridine rings is 1. The number of amides is 2. The second-order valence-corrected chi connectivity index (χ2v) is 7.14. The van der Waals surface area contributed by atoms with E-state index in [-0.39, 0.29) is 28.0 Å². The summed E-state index contributed by atoms with van der Waals surface area (Å²) in [7, 11) is 0. The zero-order valence-corrected chi connectivity index (χ0v) is 17.0. The minimum absolute atomic E-state index is 0.0147. The number of primary amides is 1. The molecule has 0 unspecified atom stereocenters. The Morgan fingerprint density at radius 3 is 2.61 bits per heavy atom. The van der Waals surface area contributed by atoms with Gasteiger partial charge in [0.15, 0.2) is 5.69 Å². The molecule has 1 aliphatic rings. The molecule has 0 saturated carbocycles. The molecule has 2 amide bonds. The number of hydrogen-bond acceptors (Lipinski definition) is 6. The Labute approximate surface area is 181 Å². The summed E-state index contributed by atoms with van der Waals surface area (Å²) < 4.78 is 20.6. The molecule has 0 aliphatic carbocycles. The number of aromatic nitrogens is 3. The van der Waals surface area contributed by atoms with Crippen molar-refractivity contribution in [1.82, 2.24) is 19.7 Å². The second kappa shape index (κ2) is 8.70. The lowest BCUT2D eigenvalue weighted by Crippen LogP contribution is -2.40. The molecule has 9 nitrogen and oxygen atoms in total. The molecule has 1 fully saturated rings. The number of rotatable bonds is 5. The highest BCUT2D eigenvalue weighted by Gasteiger charge is 2.20. The summed E-state index contributed by atoms with van der Waals surface area (Å²) in [6.45, 7) is 2.06. The molecule has 1 saturated heterocycles. The van der Waals surface area contributed by atoms with Gasteiger partial charge in [0.2, 0.25) is 0 Å². The highest BCUT2D eigenvalue weighted by atomic mass is 35.5. The summed E-state index contributed by atoms with van der Waals surface area (Å²) >= 11 is 6.08. The van der Waals surface area contributed by atoms with Gasteiger partial charge < -0.3 is 20.7 Å². The predicted octanol–water partition coefficient (Wildman–Crippen LogP) is 2.37. The molecule has 3 N–H and O–H groups in total. The Bertz CT molecular complexity index is 1110. The van der Waals surface area contributed by atoms with Crippen LogP contribution in [0.25, 0.3) is 5.69 Å². The number of ether oxygens (including phenoxy) is 1. The summed E-state index contributed by atoms with van der Waals surface area (Å²) in [5.74, 6) is -1.21. The van der Waals surface area contributed by atoms with E-state index in [1.807, 2.05) is 0 Å². The minimum Gasteiger partial charge on any atom is -0.378 e. The number of para-hydroxylation sites is 1. The topological polar surface area (TPSA) is 115 Å². The van der Waals surface area contributed by atoms with Crippen LogP contribution in [0.3, 0.4) is 0 Å². The number of hydrogen-bond donors (Lipinski definition) is 2. The monoisotopic (exact) mass is 444 g/mol. The van der Waals surface area contributed by atoms with Crippen molar-refractivity contribution in [2.75, 3.05) is 31.6 Å². The molecule has 0 atom stereocenters. The molecule has 4 rings (SSSR count). The summed E-state index contributed by atoms with van der Waals surface area (Å²) in [4.78, 5) is 30.3. The van der Waals surface area contributed by atoms with E-state index in [0.29, 0.717) is 37.7 Å². The number of morpholine rings is 1. The number of benzene rings is 1. The van der Waals surface area contributed by atoms with Gasteiger partial charge in [0.25, 0.3) is 11.8 Å². The normalized spacial score (nSPS) is 13.8. The Morgan fingerprint density at radius 2 is 1.97 bits per heavy atom. The van der Waals surface area contributed by atoms with Crippen LogP contribution in [0.15, 0.2) is 42.7 Å². The van der Waals surface area contributed by atoms with Gasteiger partial charge in [-0.2, -0.15) is 5.10 Å². The maximum absolute atomic E-state index is 14.2. The Hall–Kier alpha value is -3.50. The van der Waals surface area contributed by atoms with E-state index in [2.05, 4.69) is 15.4 Å². The Balaban J connectivity index is 1.58. The van der Waals surface area contributed by atoms with Gasteiger partial charge in [0.1, 0.15) is 17.3 Å². The SMILES string of the molecule is NC(=O)c1nn(-c2c(F)cccc2Cl)cc1Nc1ccc(C(=O)N2CCOCC2)cn1. The molecule has 0 radical (unpaired) electrons. The van der Waals surface area contributed by atoms with Crippen LogP contribution in [0.5, 0.6) is 0 Å². The smallest absolute Gasteiger partial charge is 0.271 e. The van der Waals surface area contributed by atoms with Crippen molar-refractivity contribution in [2.24, 2.45) is 5.73 Å². The van der Waals surface area contributed by atoms with E-state index in [4.69, 9.17) is 22.1 Å². The zero-order valence-electron chi connectivity index (χ0n) is 16.2. The molecule has 1 aromatic carbocycles. The van der Waals surface area contributed by atoms with Gasteiger partial charge >= 0.3 is 0 Å². The lowest BCUT2D eigenvalue weighted by atomic mass is 10.2. The third-order valence-electron chi connectivity index (χ3n) is 4.69. The minimum atomic E-state index is -0.812. The Kier molecular flexibility index (Phi) is 5.83. The highest BCUT2D eigenvalue weighted by molar-refractivity contribution is 6.32. The third kappa shape index (κ3) is 4.35. The molecule has 3 heterocycles. The molecule has 160 valence electrons. The average molecular weight is 445 g/mol. The first-order chi connectivity index (χ1) is 14.9. The van der Waals surface area contributed by atoms with Crippen LogP contribution in [-0.4, -0.2) is 57.8 Å². The molecule has 0 bridgehead atoms. The van der Waals surface area contributed by atoms with Crippen molar-refractivity contribution in [3.63, 3.8) is 0 Å². The van der Waals surface area contributed by atoms with E-state index in [1.165, 1.54) is 30.6 Å². The highest BCUT2D eigenvalue weighted by Crippen LogP contribution is 2.27. The zero-order chi connectivity index (χ0) is 22.0. The number of nitrogens with two attached hydrogens (primary N) is 1. The molecular weight excluding hydrogens is 427 g/mol. The van der Waals surface area contributed by atoms with Crippen molar-refractivity contribution in [1.29, 1.82) is 0 Å². The third-order valence-corrected chi connectivity index (χ3v) is 4.99. The second-order valence-electron chi connectivity index (χ2n) is 6.73. The number of halogens is 2. The molecule has 3 aromatic rings. The van der Waals surface area contributed by atoms with E-state index < -0.39 is 11.7 Å². The van der Waals surface area contributed by atoms with Crippen LogP contribution >= 0.6 is 11.6 Å². The van der Waals surface area contributed by atoms with Gasteiger partial charge in [0.05, 0.1) is 35.7 Å². The Morgan fingerprint density at radius 1 is 1.19 bits per heavy atom. The fourth-order valence-corrected chi connectivity index (χ4v) is 3.40. The summed E-state index contributed by atoms with van der Waals surface area (Å²) in [6.07, 6.45) is 2.82. The quantitative estimate of drug-likeness (QED) is 0.624. The number of carbonyl (C=O) groups is 2. The summed E-state index contributed by atoms with van der Waals surface area (Å²) in [6, 6.07) is 7.40. The first kappa shape index (κ1) is 20.8. The molecule has 2 aromatic heterocycles. The van der Waals surface area contributed by atoms with Crippen LogP contribution in [0.1, 0.15) is 20.8 Å². The van der Waals surface area contributed by atoms with Crippen molar-refractivity contribution in [3.8, 4) is 5.69 Å². The number of carbonyl (C=O) groups excluding carboxylic acids is 2. The summed E-state index contributed by atoms with van der Waals surface area (Å²) in [5, 5.41) is 7.10. The first-order valence-corrected chi connectivity index (χ1v) is 9.76. The molecule has 0 spiro atoms. The van der Waals surface area contributed by atoms with E-state index in [1.54, 1.807) is 17.0 Å². The number of nitrogens with zero attached hydrogens (tertiary/aromatic N) is 4. The molecule has 11 heteroatoms. The van der Waals surface area contributed by atoms with E-state index in [9.17, 15) is 14.0 Å². The van der Waals surface area contributed by atoms with Gasteiger partial charge in [-0.15, -0.1) is 0 Å². The van der Waals surface area contributed by atoms with Crippen LogP contribution in [0.4, 0.5) is 15.9 Å². The van der Waals surface area contributed by atoms with Crippen molar-refractivity contribution < 1.29 is 18.7 Å². The summed E-state index contributed by atoms with van der Waals surface area (Å²) in [5.41, 5.74) is 5.93. The van der Waals surface area contributed by atoms with Crippen LogP contribution in [0, 0.1) is 5.82 Å². The maximum atomic E-state index is 14.2. The van der Waals surface area contributed by atoms with Crippen LogP contribution in [-0.2, 0) is 4.74 Å². The largest absolute Gasteiger partial charge is 0.378 e. The fraction of sp³-hybridized carbons (Fsp3) is 0.200. The lowest BCUT2D eigenvalue weighted by Gasteiger charge is -2.26. The van der Waals surface area contributed by atoms with E-state index in [0.717, 1.165) is 4.68 Å². The fourth-order valence-electron chi connectivity index (χ4n) is 3.15. The first-order valence-electron chi connectivity index (χ1n) is 9.38. The van der Waals surface area contributed by atoms with Crippen LogP contribution in [0.2, 0.25) is 5.02 Å². The van der Waals surface area contributed by atoms with Crippen LogP contribution < -0.4 is 11.1 Å². The molecule has 1 aliphatic heterocycles. The number of anilines is 2.